The largest absolute Gasteiger partial charge is 0.388 e. The Morgan fingerprint density at radius 1 is 1.38 bits per heavy atom. The first-order valence-corrected chi connectivity index (χ1v) is 6.29. The molecule has 1 heterocycles. The van der Waals surface area contributed by atoms with Crippen molar-refractivity contribution in [3.63, 3.8) is 0 Å². The van der Waals surface area contributed by atoms with E-state index in [1.54, 1.807) is 0 Å². The van der Waals surface area contributed by atoms with Crippen molar-refractivity contribution in [1.29, 1.82) is 0 Å². The van der Waals surface area contributed by atoms with E-state index in [1.807, 2.05) is 0 Å². The molecule has 0 saturated carbocycles. The van der Waals surface area contributed by atoms with Crippen molar-refractivity contribution in [3.05, 3.63) is 0 Å². The van der Waals surface area contributed by atoms with Crippen molar-refractivity contribution in [2.75, 3.05) is 6.54 Å². The standard InChI is InChI=1S/C13H27NO2/c1-6-7-13(15,9-14)10-8-11(2,3)16-12(10,4)5/h10,15H,6-9,14H2,1-5H3. The van der Waals surface area contributed by atoms with E-state index < -0.39 is 5.60 Å². The van der Waals surface area contributed by atoms with E-state index in [0.717, 1.165) is 19.3 Å². The van der Waals surface area contributed by atoms with Gasteiger partial charge in [-0.25, -0.2) is 0 Å². The summed E-state index contributed by atoms with van der Waals surface area (Å²) in [6, 6.07) is 0. The topological polar surface area (TPSA) is 55.5 Å². The molecule has 0 aliphatic carbocycles. The molecule has 1 saturated heterocycles. The Bertz CT molecular complexity index is 250. The van der Waals surface area contributed by atoms with Crippen LogP contribution in [0.15, 0.2) is 0 Å². The Hall–Kier alpha value is -0.120. The van der Waals surface area contributed by atoms with E-state index in [-0.39, 0.29) is 17.1 Å². The molecule has 0 spiro atoms. The maximum atomic E-state index is 10.7. The first-order valence-electron chi connectivity index (χ1n) is 6.29. The van der Waals surface area contributed by atoms with E-state index in [1.165, 1.54) is 0 Å². The fourth-order valence-electron chi connectivity index (χ4n) is 3.25. The summed E-state index contributed by atoms with van der Waals surface area (Å²) in [4.78, 5) is 0. The molecule has 0 radical (unpaired) electrons. The van der Waals surface area contributed by atoms with E-state index in [9.17, 15) is 5.11 Å². The molecule has 1 aliphatic heterocycles. The van der Waals surface area contributed by atoms with Gasteiger partial charge in [0.05, 0.1) is 16.8 Å². The van der Waals surface area contributed by atoms with Gasteiger partial charge >= 0.3 is 0 Å². The Morgan fingerprint density at radius 2 is 1.94 bits per heavy atom. The molecule has 0 aromatic heterocycles. The zero-order chi connectivity index (χ0) is 12.6. The monoisotopic (exact) mass is 229 g/mol. The lowest BCUT2D eigenvalue weighted by atomic mass is 9.72. The van der Waals surface area contributed by atoms with Crippen LogP contribution in [-0.2, 0) is 4.74 Å². The third-order valence-electron chi connectivity index (χ3n) is 3.76. The van der Waals surface area contributed by atoms with Crippen LogP contribution < -0.4 is 5.73 Å². The van der Waals surface area contributed by atoms with Gasteiger partial charge in [0.1, 0.15) is 0 Å². The predicted octanol–water partition coefficient (Wildman–Crippen LogP) is 2.07. The summed E-state index contributed by atoms with van der Waals surface area (Å²) in [5, 5.41) is 10.7. The molecule has 96 valence electrons. The zero-order valence-corrected chi connectivity index (χ0v) is 11.3. The van der Waals surface area contributed by atoms with E-state index in [4.69, 9.17) is 10.5 Å². The summed E-state index contributed by atoms with van der Waals surface area (Å²) in [5.74, 6) is 0.111. The Labute approximate surface area is 99.4 Å². The molecule has 1 rings (SSSR count). The van der Waals surface area contributed by atoms with Gasteiger partial charge in [0.2, 0.25) is 0 Å². The van der Waals surface area contributed by atoms with Crippen LogP contribution in [0.4, 0.5) is 0 Å². The van der Waals surface area contributed by atoms with Gasteiger partial charge in [-0.05, 0) is 40.5 Å². The normalized spacial score (nSPS) is 31.3. The van der Waals surface area contributed by atoms with Crippen LogP contribution in [0, 0.1) is 5.92 Å². The molecule has 3 nitrogen and oxygen atoms in total. The SMILES string of the molecule is CCCC(O)(CN)C1CC(C)(C)OC1(C)C. The van der Waals surface area contributed by atoms with Crippen molar-refractivity contribution >= 4 is 0 Å². The average Bonchev–Trinajstić information content (AvgIpc) is 2.35. The predicted molar refractivity (Wildman–Crippen MR) is 66.3 cm³/mol. The molecule has 0 aromatic carbocycles. The van der Waals surface area contributed by atoms with E-state index >= 15 is 0 Å². The van der Waals surface area contributed by atoms with Gasteiger partial charge in [0, 0.05) is 12.5 Å². The van der Waals surface area contributed by atoms with E-state index in [0.29, 0.717) is 6.54 Å². The van der Waals surface area contributed by atoms with Gasteiger partial charge in [0.15, 0.2) is 0 Å². The zero-order valence-electron chi connectivity index (χ0n) is 11.3. The fourth-order valence-corrected chi connectivity index (χ4v) is 3.25. The first-order chi connectivity index (χ1) is 7.17. The quantitative estimate of drug-likeness (QED) is 0.776. The van der Waals surface area contributed by atoms with Gasteiger partial charge in [-0.15, -0.1) is 0 Å². The van der Waals surface area contributed by atoms with Crippen molar-refractivity contribution in [2.45, 2.75) is 70.7 Å². The van der Waals surface area contributed by atoms with Crippen LogP contribution in [-0.4, -0.2) is 28.5 Å². The second-order valence-corrected chi connectivity index (χ2v) is 6.28. The molecule has 16 heavy (non-hydrogen) atoms. The third kappa shape index (κ3) is 2.58. The molecule has 1 aliphatic rings. The number of rotatable bonds is 4. The maximum absolute atomic E-state index is 10.7. The smallest absolute Gasteiger partial charge is 0.0825 e. The van der Waals surface area contributed by atoms with Gasteiger partial charge in [-0.3, -0.25) is 0 Å². The van der Waals surface area contributed by atoms with Crippen molar-refractivity contribution in [1.82, 2.24) is 0 Å². The van der Waals surface area contributed by atoms with Gasteiger partial charge in [-0.1, -0.05) is 13.3 Å². The van der Waals surface area contributed by atoms with Crippen LogP contribution in [0.5, 0.6) is 0 Å². The Balaban J connectivity index is 2.94. The average molecular weight is 229 g/mol. The molecular formula is C13H27NO2. The van der Waals surface area contributed by atoms with Crippen LogP contribution in [0.25, 0.3) is 0 Å². The summed E-state index contributed by atoms with van der Waals surface area (Å²) < 4.78 is 6.03. The fraction of sp³-hybridized carbons (Fsp3) is 1.00. The minimum atomic E-state index is -0.786. The third-order valence-corrected chi connectivity index (χ3v) is 3.76. The van der Waals surface area contributed by atoms with Crippen molar-refractivity contribution < 1.29 is 9.84 Å². The van der Waals surface area contributed by atoms with Gasteiger partial charge < -0.3 is 15.6 Å². The highest BCUT2D eigenvalue weighted by Gasteiger charge is 2.53. The molecule has 3 N–H and O–H groups in total. The van der Waals surface area contributed by atoms with Crippen LogP contribution in [0.3, 0.4) is 0 Å². The van der Waals surface area contributed by atoms with Crippen LogP contribution in [0.2, 0.25) is 0 Å². The molecular weight excluding hydrogens is 202 g/mol. The summed E-state index contributed by atoms with van der Waals surface area (Å²) in [6.45, 7) is 10.7. The molecule has 0 aromatic rings. The molecule has 2 unspecified atom stereocenters. The highest BCUT2D eigenvalue weighted by molar-refractivity contribution is 5.04. The number of nitrogens with two attached hydrogens (primary N) is 1. The second kappa shape index (κ2) is 4.28. The Morgan fingerprint density at radius 3 is 2.25 bits per heavy atom. The van der Waals surface area contributed by atoms with E-state index in [2.05, 4.69) is 34.6 Å². The lowest BCUT2D eigenvalue weighted by molar-refractivity contribution is -0.113. The molecule has 0 bridgehead atoms. The Kier molecular flexibility index (Phi) is 3.73. The summed E-state index contributed by atoms with van der Waals surface area (Å²) >= 11 is 0. The van der Waals surface area contributed by atoms with Crippen LogP contribution >= 0.6 is 0 Å². The summed E-state index contributed by atoms with van der Waals surface area (Å²) in [5.41, 5.74) is 4.53. The van der Waals surface area contributed by atoms with Crippen molar-refractivity contribution in [2.24, 2.45) is 11.7 Å². The number of hydrogen-bond donors (Lipinski definition) is 2. The summed E-state index contributed by atoms with van der Waals surface area (Å²) in [7, 11) is 0. The highest BCUT2D eigenvalue weighted by Crippen LogP contribution is 2.47. The number of aliphatic hydroxyl groups is 1. The number of hydrogen-bond acceptors (Lipinski definition) is 3. The number of ether oxygens (including phenoxy) is 1. The summed E-state index contributed by atoms with van der Waals surface area (Å²) in [6.07, 6.45) is 2.56. The second-order valence-electron chi connectivity index (χ2n) is 6.28. The molecule has 1 fully saturated rings. The molecule has 2 atom stereocenters. The molecule has 0 amide bonds. The minimum Gasteiger partial charge on any atom is -0.388 e. The van der Waals surface area contributed by atoms with Crippen LogP contribution in [0.1, 0.15) is 53.9 Å². The van der Waals surface area contributed by atoms with Gasteiger partial charge in [0.25, 0.3) is 0 Å². The highest BCUT2D eigenvalue weighted by atomic mass is 16.5. The lowest BCUT2D eigenvalue weighted by Gasteiger charge is -2.39. The van der Waals surface area contributed by atoms with Crippen molar-refractivity contribution in [3.8, 4) is 0 Å². The lowest BCUT2D eigenvalue weighted by Crippen LogP contribution is -2.51. The maximum Gasteiger partial charge on any atom is 0.0825 e. The first kappa shape index (κ1) is 13.9. The molecule has 3 heteroatoms. The minimum absolute atomic E-state index is 0.111. The van der Waals surface area contributed by atoms with Gasteiger partial charge in [-0.2, -0.15) is 0 Å².